The maximum Gasteiger partial charge on any atom is 0.0722 e. The van der Waals surface area contributed by atoms with Gasteiger partial charge >= 0.3 is 0 Å². The van der Waals surface area contributed by atoms with Crippen molar-refractivity contribution < 1.29 is 4.74 Å². The summed E-state index contributed by atoms with van der Waals surface area (Å²) >= 11 is 0. The molecular weight excluding hydrogens is 250 g/mol. The van der Waals surface area contributed by atoms with E-state index >= 15 is 0 Å². The molecule has 1 aliphatic rings. The Balaban J connectivity index is 1.94. The molecule has 1 aromatic carbocycles. The maximum atomic E-state index is 6.11. The molecule has 4 nitrogen and oxygen atoms in total. The molecule has 1 saturated heterocycles. The van der Waals surface area contributed by atoms with Gasteiger partial charge in [-0.2, -0.15) is 0 Å². The van der Waals surface area contributed by atoms with Gasteiger partial charge in [0.05, 0.1) is 12.7 Å². The molecule has 1 unspecified atom stereocenters. The maximum absolute atomic E-state index is 6.11. The topological polar surface area (TPSA) is 51.4 Å². The van der Waals surface area contributed by atoms with Crippen LogP contribution in [0.4, 0.5) is 11.4 Å². The van der Waals surface area contributed by atoms with Gasteiger partial charge in [0.15, 0.2) is 0 Å². The van der Waals surface area contributed by atoms with Crippen molar-refractivity contribution >= 4 is 11.4 Å². The van der Waals surface area contributed by atoms with Crippen LogP contribution in [0.5, 0.6) is 0 Å². The largest absolute Gasteiger partial charge is 0.398 e. The van der Waals surface area contributed by atoms with Gasteiger partial charge in [0.1, 0.15) is 0 Å². The summed E-state index contributed by atoms with van der Waals surface area (Å²) in [6.07, 6.45) is 3.88. The summed E-state index contributed by atoms with van der Waals surface area (Å²) in [5, 5.41) is 0. The standard InChI is InChI=1S/C16H19N3O/c1-12-11-19(7-8-20-12)14-4-5-16(17)15(9-14)13-3-2-6-18-10-13/h2-6,9-10,12H,7-8,11,17H2,1H3. The van der Waals surface area contributed by atoms with Crippen molar-refractivity contribution in [3.8, 4) is 11.1 Å². The Morgan fingerprint density at radius 3 is 3.00 bits per heavy atom. The second-order valence-corrected chi connectivity index (χ2v) is 5.14. The number of benzene rings is 1. The molecule has 0 aliphatic carbocycles. The second-order valence-electron chi connectivity index (χ2n) is 5.14. The molecule has 0 saturated carbocycles. The summed E-state index contributed by atoms with van der Waals surface area (Å²) < 4.78 is 5.59. The first-order valence-corrected chi connectivity index (χ1v) is 6.90. The van der Waals surface area contributed by atoms with Crippen molar-refractivity contribution in [3.05, 3.63) is 42.7 Å². The number of anilines is 2. The molecule has 2 heterocycles. The van der Waals surface area contributed by atoms with Crippen LogP contribution >= 0.6 is 0 Å². The van der Waals surface area contributed by atoms with E-state index in [4.69, 9.17) is 10.5 Å². The molecule has 0 spiro atoms. The molecule has 0 radical (unpaired) electrons. The molecule has 3 rings (SSSR count). The summed E-state index contributed by atoms with van der Waals surface area (Å²) in [4.78, 5) is 6.51. The van der Waals surface area contributed by atoms with Crippen molar-refractivity contribution in [2.75, 3.05) is 30.3 Å². The number of hydrogen-bond acceptors (Lipinski definition) is 4. The van der Waals surface area contributed by atoms with Gasteiger partial charge in [-0.1, -0.05) is 6.07 Å². The average molecular weight is 269 g/mol. The molecular formula is C16H19N3O. The van der Waals surface area contributed by atoms with E-state index in [-0.39, 0.29) is 6.10 Å². The highest BCUT2D eigenvalue weighted by Crippen LogP contribution is 2.30. The summed E-state index contributed by atoms with van der Waals surface area (Å²) in [6, 6.07) is 10.2. The van der Waals surface area contributed by atoms with Crippen LogP contribution in [0.25, 0.3) is 11.1 Å². The number of nitrogens with zero attached hydrogens (tertiary/aromatic N) is 2. The van der Waals surface area contributed by atoms with E-state index in [1.807, 2.05) is 24.4 Å². The van der Waals surface area contributed by atoms with Crippen molar-refractivity contribution in [1.82, 2.24) is 4.98 Å². The lowest BCUT2D eigenvalue weighted by molar-refractivity contribution is 0.0532. The minimum Gasteiger partial charge on any atom is -0.398 e. The normalized spacial score (nSPS) is 19.1. The molecule has 20 heavy (non-hydrogen) atoms. The number of rotatable bonds is 2. The highest BCUT2D eigenvalue weighted by Gasteiger charge is 2.17. The second kappa shape index (κ2) is 5.51. The van der Waals surface area contributed by atoms with Crippen molar-refractivity contribution in [3.63, 3.8) is 0 Å². The fraction of sp³-hybridized carbons (Fsp3) is 0.312. The zero-order valence-electron chi connectivity index (χ0n) is 11.6. The summed E-state index contributed by atoms with van der Waals surface area (Å²) in [7, 11) is 0. The van der Waals surface area contributed by atoms with Gasteiger partial charge in [-0.3, -0.25) is 4.98 Å². The van der Waals surface area contributed by atoms with Gasteiger partial charge in [-0.25, -0.2) is 0 Å². The predicted molar refractivity (Wildman–Crippen MR) is 81.7 cm³/mol. The van der Waals surface area contributed by atoms with Crippen LogP contribution in [0.3, 0.4) is 0 Å². The van der Waals surface area contributed by atoms with Gasteiger partial charge in [0.2, 0.25) is 0 Å². The number of pyridine rings is 1. The number of ether oxygens (including phenoxy) is 1. The van der Waals surface area contributed by atoms with Crippen molar-refractivity contribution in [2.24, 2.45) is 0 Å². The first kappa shape index (κ1) is 12.9. The van der Waals surface area contributed by atoms with E-state index in [1.54, 1.807) is 6.20 Å². The lowest BCUT2D eigenvalue weighted by Crippen LogP contribution is -2.41. The minimum atomic E-state index is 0.267. The van der Waals surface area contributed by atoms with Gasteiger partial charge in [0.25, 0.3) is 0 Å². The lowest BCUT2D eigenvalue weighted by atomic mass is 10.0. The number of nitrogens with two attached hydrogens (primary N) is 1. The Bertz CT molecular complexity index is 586. The Hall–Kier alpha value is -2.07. The van der Waals surface area contributed by atoms with E-state index in [9.17, 15) is 0 Å². The van der Waals surface area contributed by atoms with Crippen LogP contribution < -0.4 is 10.6 Å². The van der Waals surface area contributed by atoms with Crippen LogP contribution in [0.15, 0.2) is 42.7 Å². The van der Waals surface area contributed by atoms with Crippen LogP contribution in [-0.4, -0.2) is 30.8 Å². The van der Waals surface area contributed by atoms with E-state index in [0.717, 1.165) is 36.5 Å². The first-order valence-electron chi connectivity index (χ1n) is 6.90. The third kappa shape index (κ3) is 2.60. The smallest absolute Gasteiger partial charge is 0.0722 e. The Kier molecular flexibility index (Phi) is 3.56. The van der Waals surface area contributed by atoms with E-state index in [1.165, 1.54) is 5.69 Å². The number of nitrogen functional groups attached to an aromatic ring is 1. The van der Waals surface area contributed by atoms with E-state index in [0.29, 0.717) is 0 Å². The minimum absolute atomic E-state index is 0.267. The van der Waals surface area contributed by atoms with Crippen LogP contribution in [-0.2, 0) is 4.74 Å². The first-order chi connectivity index (χ1) is 9.74. The molecule has 104 valence electrons. The van der Waals surface area contributed by atoms with Crippen LogP contribution in [0.1, 0.15) is 6.92 Å². The fourth-order valence-corrected chi connectivity index (χ4v) is 2.57. The molecule has 1 aromatic heterocycles. The molecule has 0 amide bonds. The molecule has 0 bridgehead atoms. The van der Waals surface area contributed by atoms with Crippen molar-refractivity contribution in [2.45, 2.75) is 13.0 Å². The molecule has 1 aliphatic heterocycles. The summed E-state index contributed by atoms with van der Waals surface area (Å²) in [6.45, 7) is 4.70. The zero-order valence-corrected chi connectivity index (χ0v) is 11.6. The Morgan fingerprint density at radius 2 is 2.25 bits per heavy atom. The Labute approximate surface area is 119 Å². The highest BCUT2D eigenvalue weighted by molar-refractivity contribution is 5.79. The van der Waals surface area contributed by atoms with Gasteiger partial charge in [0, 0.05) is 48.0 Å². The number of hydrogen-bond donors (Lipinski definition) is 1. The summed E-state index contributed by atoms with van der Waals surface area (Å²) in [5.41, 5.74) is 10.2. The molecule has 2 N–H and O–H groups in total. The van der Waals surface area contributed by atoms with E-state index in [2.05, 4.69) is 28.9 Å². The average Bonchev–Trinajstić information content (AvgIpc) is 2.48. The summed E-state index contributed by atoms with van der Waals surface area (Å²) in [5.74, 6) is 0. The molecule has 2 aromatic rings. The molecule has 1 fully saturated rings. The third-order valence-corrected chi connectivity index (χ3v) is 3.62. The van der Waals surface area contributed by atoms with Gasteiger partial charge in [-0.05, 0) is 31.2 Å². The fourth-order valence-electron chi connectivity index (χ4n) is 2.57. The number of aromatic nitrogens is 1. The zero-order chi connectivity index (χ0) is 13.9. The van der Waals surface area contributed by atoms with Crippen molar-refractivity contribution in [1.29, 1.82) is 0 Å². The number of morpholine rings is 1. The van der Waals surface area contributed by atoms with Gasteiger partial charge < -0.3 is 15.4 Å². The molecule has 1 atom stereocenters. The Morgan fingerprint density at radius 1 is 1.35 bits per heavy atom. The van der Waals surface area contributed by atoms with Crippen LogP contribution in [0.2, 0.25) is 0 Å². The lowest BCUT2D eigenvalue weighted by Gasteiger charge is -2.33. The predicted octanol–water partition coefficient (Wildman–Crippen LogP) is 2.56. The van der Waals surface area contributed by atoms with Crippen LogP contribution in [0, 0.1) is 0 Å². The monoisotopic (exact) mass is 269 g/mol. The SMILES string of the molecule is CC1CN(c2ccc(N)c(-c3cccnc3)c2)CCO1. The van der Waals surface area contributed by atoms with Gasteiger partial charge in [-0.15, -0.1) is 0 Å². The molecule has 4 heteroatoms. The van der Waals surface area contributed by atoms with E-state index < -0.39 is 0 Å². The quantitative estimate of drug-likeness (QED) is 0.851. The third-order valence-electron chi connectivity index (χ3n) is 3.62. The highest BCUT2D eigenvalue weighted by atomic mass is 16.5.